The largest absolute Gasteiger partial charge is 0.357 e. The number of carbonyl (C=O) groups is 2. The molecule has 3 aromatic carbocycles. The summed E-state index contributed by atoms with van der Waals surface area (Å²) >= 11 is 12.3. The van der Waals surface area contributed by atoms with Gasteiger partial charge >= 0.3 is 0 Å². The standard InChI is InChI=1S/C26H27Cl2N3O4S/c1-18-9-11-24(12-10-18)36(34,35)31(23-14-21(27)13-22(28)15-23)17-25(32)30(19(2)26(33)29-3)16-20-7-5-4-6-8-20/h4-15,19H,16-17H2,1-3H3,(H,29,33). The molecule has 36 heavy (non-hydrogen) atoms. The summed E-state index contributed by atoms with van der Waals surface area (Å²) < 4.78 is 28.4. The summed E-state index contributed by atoms with van der Waals surface area (Å²) in [5, 5.41) is 2.98. The predicted octanol–water partition coefficient (Wildman–Crippen LogP) is 4.66. The molecular formula is C26H27Cl2N3O4S. The Kier molecular flexibility index (Phi) is 9.00. The van der Waals surface area contributed by atoms with Gasteiger partial charge in [-0.25, -0.2) is 8.42 Å². The predicted molar refractivity (Wildman–Crippen MR) is 143 cm³/mol. The maximum Gasteiger partial charge on any atom is 0.264 e. The molecule has 3 rings (SSSR count). The van der Waals surface area contributed by atoms with Crippen molar-refractivity contribution in [2.75, 3.05) is 17.9 Å². The van der Waals surface area contributed by atoms with Crippen LogP contribution in [-0.4, -0.2) is 44.8 Å². The molecule has 0 aromatic heterocycles. The van der Waals surface area contributed by atoms with E-state index < -0.39 is 28.5 Å². The second kappa shape index (κ2) is 11.8. The number of carbonyl (C=O) groups excluding carboxylic acids is 2. The van der Waals surface area contributed by atoms with E-state index in [4.69, 9.17) is 23.2 Å². The first-order chi connectivity index (χ1) is 17.0. The number of rotatable bonds is 9. The normalized spacial score (nSPS) is 12.0. The topological polar surface area (TPSA) is 86.8 Å². The lowest BCUT2D eigenvalue weighted by molar-refractivity contribution is -0.139. The van der Waals surface area contributed by atoms with Crippen molar-refractivity contribution in [2.24, 2.45) is 0 Å². The molecule has 0 bridgehead atoms. The van der Waals surface area contributed by atoms with Crippen LogP contribution < -0.4 is 9.62 Å². The summed E-state index contributed by atoms with van der Waals surface area (Å²) in [5.41, 5.74) is 1.81. The number of halogens is 2. The summed E-state index contributed by atoms with van der Waals surface area (Å²) in [6.07, 6.45) is 0. The fourth-order valence-corrected chi connectivity index (χ4v) is 5.53. The second-order valence-electron chi connectivity index (χ2n) is 8.25. The summed E-state index contributed by atoms with van der Waals surface area (Å²) in [6.45, 7) is 2.98. The fourth-order valence-electron chi connectivity index (χ4n) is 3.62. The van der Waals surface area contributed by atoms with Gasteiger partial charge in [-0.2, -0.15) is 0 Å². The Balaban J connectivity index is 2.06. The third-order valence-corrected chi connectivity index (χ3v) is 7.86. The molecule has 2 amide bonds. The molecule has 190 valence electrons. The van der Waals surface area contributed by atoms with Gasteiger partial charge in [0.15, 0.2) is 0 Å². The van der Waals surface area contributed by atoms with Gasteiger partial charge in [0.1, 0.15) is 12.6 Å². The third kappa shape index (κ3) is 6.57. The van der Waals surface area contributed by atoms with Gasteiger partial charge in [-0.3, -0.25) is 13.9 Å². The number of hydrogen-bond acceptors (Lipinski definition) is 4. The smallest absolute Gasteiger partial charge is 0.264 e. The molecule has 0 fully saturated rings. The number of sulfonamides is 1. The molecule has 1 unspecified atom stereocenters. The Morgan fingerprint density at radius 3 is 2.08 bits per heavy atom. The van der Waals surface area contributed by atoms with Crippen molar-refractivity contribution in [3.8, 4) is 0 Å². The zero-order valence-corrected chi connectivity index (χ0v) is 22.4. The Morgan fingerprint density at radius 2 is 1.53 bits per heavy atom. The first kappa shape index (κ1) is 27.5. The molecule has 0 aliphatic heterocycles. The summed E-state index contributed by atoms with van der Waals surface area (Å²) in [5.74, 6) is -0.945. The average molecular weight is 548 g/mol. The van der Waals surface area contributed by atoms with E-state index in [9.17, 15) is 18.0 Å². The van der Waals surface area contributed by atoms with E-state index in [2.05, 4.69) is 5.32 Å². The minimum atomic E-state index is -4.19. The molecule has 3 aromatic rings. The van der Waals surface area contributed by atoms with Crippen LogP contribution in [0.3, 0.4) is 0 Å². The zero-order chi connectivity index (χ0) is 26.5. The minimum Gasteiger partial charge on any atom is -0.357 e. The molecular weight excluding hydrogens is 521 g/mol. The van der Waals surface area contributed by atoms with Crippen LogP contribution in [0.1, 0.15) is 18.1 Å². The molecule has 0 spiro atoms. The van der Waals surface area contributed by atoms with Crippen LogP contribution in [0.25, 0.3) is 0 Å². The number of nitrogens with zero attached hydrogens (tertiary/aromatic N) is 2. The number of nitrogens with one attached hydrogen (secondary N) is 1. The van der Waals surface area contributed by atoms with Gasteiger partial charge in [0.2, 0.25) is 11.8 Å². The monoisotopic (exact) mass is 547 g/mol. The molecule has 10 heteroatoms. The number of likely N-dealkylation sites (N-methyl/N-ethyl adjacent to an activating group) is 1. The van der Waals surface area contributed by atoms with E-state index in [1.807, 2.05) is 37.3 Å². The Morgan fingerprint density at radius 1 is 0.944 bits per heavy atom. The van der Waals surface area contributed by atoms with Crippen molar-refractivity contribution in [1.82, 2.24) is 10.2 Å². The average Bonchev–Trinajstić information content (AvgIpc) is 2.85. The number of benzene rings is 3. The fraction of sp³-hybridized carbons (Fsp3) is 0.231. The summed E-state index contributed by atoms with van der Waals surface area (Å²) in [7, 11) is -2.71. The lowest BCUT2D eigenvalue weighted by atomic mass is 10.1. The lowest BCUT2D eigenvalue weighted by Gasteiger charge is -2.32. The van der Waals surface area contributed by atoms with Crippen molar-refractivity contribution in [3.05, 3.63) is 94.0 Å². The SMILES string of the molecule is CNC(=O)C(C)N(Cc1ccccc1)C(=O)CN(c1cc(Cl)cc(Cl)c1)S(=O)(=O)c1ccc(C)cc1. The molecule has 1 N–H and O–H groups in total. The van der Waals surface area contributed by atoms with Gasteiger partial charge in [-0.1, -0.05) is 71.2 Å². The maximum atomic E-state index is 13.7. The van der Waals surface area contributed by atoms with Crippen LogP contribution in [0.2, 0.25) is 10.0 Å². The van der Waals surface area contributed by atoms with E-state index >= 15 is 0 Å². The van der Waals surface area contributed by atoms with E-state index in [0.717, 1.165) is 15.4 Å². The van der Waals surface area contributed by atoms with Crippen molar-refractivity contribution in [1.29, 1.82) is 0 Å². The van der Waals surface area contributed by atoms with Gasteiger partial charge in [0, 0.05) is 23.6 Å². The molecule has 0 aliphatic carbocycles. The highest BCUT2D eigenvalue weighted by molar-refractivity contribution is 7.92. The van der Waals surface area contributed by atoms with E-state index in [0.29, 0.717) is 0 Å². The summed E-state index contributed by atoms with van der Waals surface area (Å²) in [6, 6.07) is 18.9. The Hall–Kier alpha value is -3.07. The Bertz CT molecular complexity index is 1310. The van der Waals surface area contributed by atoms with Crippen LogP contribution in [0, 0.1) is 6.92 Å². The summed E-state index contributed by atoms with van der Waals surface area (Å²) in [4.78, 5) is 27.5. The van der Waals surface area contributed by atoms with Crippen LogP contribution in [-0.2, 0) is 26.2 Å². The van der Waals surface area contributed by atoms with Crippen LogP contribution in [0.15, 0.2) is 77.7 Å². The van der Waals surface area contributed by atoms with E-state index in [1.165, 1.54) is 42.3 Å². The van der Waals surface area contributed by atoms with Crippen molar-refractivity contribution in [2.45, 2.75) is 31.3 Å². The lowest BCUT2D eigenvalue weighted by Crippen LogP contribution is -2.50. The molecule has 0 saturated heterocycles. The highest BCUT2D eigenvalue weighted by Crippen LogP contribution is 2.30. The Labute approximate surface area is 221 Å². The second-order valence-corrected chi connectivity index (χ2v) is 11.0. The highest BCUT2D eigenvalue weighted by atomic mass is 35.5. The van der Waals surface area contributed by atoms with Crippen LogP contribution >= 0.6 is 23.2 Å². The van der Waals surface area contributed by atoms with Crippen molar-refractivity contribution < 1.29 is 18.0 Å². The van der Waals surface area contributed by atoms with E-state index in [-0.39, 0.29) is 33.1 Å². The molecule has 0 saturated carbocycles. The first-order valence-corrected chi connectivity index (χ1v) is 13.3. The number of hydrogen-bond donors (Lipinski definition) is 1. The zero-order valence-electron chi connectivity index (χ0n) is 20.1. The van der Waals surface area contributed by atoms with Gasteiger partial charge in [0.25, 0.3) is 10.0 Å². The van der Waals surface area contributed by atoms with Crippen LogP contribution in [0.5, 0.6) is 0 Å². The number of aryl methyl sites for hydroxylation is 1. The van der Waals surface area contributed by atoms with Crippen molar-refractivity contribution >= 4 is 50.7 Å². The van der Waals surface area contributed by atoms with Gasteiger partial charge < -0.3 is 10.2 Å². The molecule has 0 radical (unpaired) electrons. The maximum absolute atomic E-state index is 13.7. The molecule has 0 aliphatic rings. The number of amides is 2. The van der Waals surface area contributed by atoms with Gasteiger partial charge in [-0.15, -0.1) is 0 Å². The molecule has 0 heterocycles. The van der Waals surface area contributed by atoms with Gasteiger partial charge in [-0.05, 0) is 49.7 Å². The molecule has 1 atom stereocenters. The first-order valence-electron chi connectivity index (χ1n) is 11.1. The van der Waals surface area contributed by atoms with Gasteiger partial charge in [0.05, 0.1) is 10.6 Å². The van der Waals surface area contributed by atoms with E-state index in [1.54, 1.807) is 19.1 Å². The molecule has 7 nitrogen and oxygen atoms in total. The number of anilines is 1. The third-order valence-electron chi connectivity index (χ3n) is 5.63. The van der Waals surface area contributed by atoms with Crippen LogP contribution in [0.4, 0.5) is 5.69 Å². The van der Waals surface area contributed by atoms with Crippen molar-refractivity contribution in [3.63, 3.8) is 0 Å². The minimum absolute atomic E-state index is 0.00552. The quantitative estimate of drug-likeness (QED) is 0.422. The highest BCUT2D eigenvalue weighted by Gasteiger charge is 2.32.